The third kappa shape index (κ3) is 7.72. The van der Waals surface area contributed by atoms with Gasteiger partial charge in [0, 0.05) is 45.7 Å². The number of likely N-dealkylation sites (tertiary alicyclic amines) is 1. The van der Waals surface area contributed by atoms with Crippen LogP contribution in [0.5, 0.6) is 0 Å². The third-order valence-electron chi connectivity index (χ3n) is 3.50. The minimum Gasteiger partial charge on any atom is -0.382 e. The number of ketones is 1. The second kappa shape index (κ2) is 11.4. The predicted molar refractivity (Wildman–Crippen MR) is 81.9 cm³/mol. The van der Waals surface area contributed by atoms with Gasteiger partial charge in [0.2, 0.25) is 0 Å². The van der Waals surface area contributed by atoms with Crippen molar-refractivity contribution < 1.29 is 23.8 Å². The lowest BCUT2D eigenvalue weighted by Gasteiger charge is -2.30. The molecule has 0 saturated carbocycles. The van der Waals surface area contributed by atoms with Gasteiger partial charge in [-0.05, 0) is 6.42 Å². The highest BCUT2D eigenvalue weighted by molar-refractivity contribution is 5.84. The Hall–Kier alpha value is -1.18. The highest BCUT2D eigenvalue weighted by Crippen LogP contribution is 2.11. The average Bonchev–Trinajstić information content (AvgIpc) is 2.51. The number of ether oxygens (including phenoxy) is 3. The molecule has 0 aliphatic carbocycles. The highest BCUT2D eigenvalue weighted by Gasteiger charge is 2.26. The van der Waals surface area contributed by atoms with Gasteiger partial charge < -0.3 is 24.4 Å². The fraction of sp³-hybridized carbons (Fsp3) is 0.867. The number of amides is 2. The summed E-state index contributed by atoms with van der Waals surface area (Å²) in [6.07, 6.45) is 1.22. The van der Waals surface area contributed by atoms with Crippen LogP contribution in [0.3, 0.4) is 0 Å². The Bertz CT molecular complexity index is 338. The van der Waals surface area contributed by atoms with E-state index in [0.717, 1.165) is 6.42 Å². The second-order valence-corrected chi connectivity index (χ2v) is 5.37. The number of nitrogens with zero attached hydrogens (tertiary/aromatic N) is 1. The maximum atomic E-state index is 11.9. The van der Waals surface area contributed by atoms with Crippen molar-refractivity contribution in [3.63, 3.8) is 0 Å². The summed E-state index contributed by atoms with van der Waals surface area (Å²) in [6.45, 7) is 6.32. The SMILES string of the molecule is COCCOCCOCCCNC(=O)N1CCC(=O)C(C)C1. The maximum Gasteiger partial charge on any atom is 0.317 e. The van der Waals surface area contributed by atoms with Crippen molar-refractivity contribution in [2.45, 2.75) is 19.8 Å². The summed E-state index contributed by atoms with van der Waals surface area (Å²) >= 11 is 0. The average molecular weight is 316 g/mol. The monoisotopic (exact) mass is 316 g/mol. The molecular weight excluding hydrogens is 288 g/mol. The molecule has 1 heterocycles. The van der Waals surface area contributed by atoms with E-state index in [1.54, 1.807) is 12.0 Å². The fourth-order valence-corrected chi connectivity index (χ4v) is 2.15. The van der Waals surface area contributed by atoms with E-state index in [1.165, 1.54) is 0 Å². The molecule has 128 valence electrons. The first-order valence-electron chi connectivity index (χ1n) is 7.85. The van der Waals surface area contributed by atoms with Gasteiger partial charge in [0.05, 0.1) is 26.4 Å². The molecule has 1 aliphatic heterocycles. The molecule has 0 aromatic heterocycles. The largest absolute Gasteiger partial charge is 0.382 e. The van der Waals surface area contributed by atoms with E-state index < -0.39 is 0 Å². The number of carbonyl (C=O) groups excluding carboxylic acids is 2. The molecule has 0 spiro atoms. The van der Waals surface area contributed by atoms with Gasteiger partial charge in [0.25, 0.3) is 0 Å². The topological polar surface area (TPSA) is 77.1 Å². The van der Waals surface area contributed by atoms with Crippen LogP contribution in [-0.4, -0.2) is 76.5 Å². The molecule has 22 heavy (non-hydrogen) atoms. The minimum atomic E-state index is -0.0951. The van der Waals surface area contributed by atoms with Crippen molar-refractivity contribution in [2.24, 2.45) is 5.92 Å². The predicted octanol–water partition coefficient (Wildman–Crippen LogP) is 0.677. The van der Waals surface area contributed by atoms with Gasteiger partial charge in [-0.25, -0.2) is 4.79 Å². The summed E-state index contributed by atoms with van der Waals surface area (Å²) in [4.78, 5) is 25.0. The molecule has 1 atom stereocenters. The van der Waals surface area contributed by atoms with Crippen LogP contribution in [0.2, 0.25) is 0 Å². The normalized spacial score (nSPS) is 18.5. The zero-order chi connectivity index (χ0) is 16.2. The molecule has 1 N–H and O–H groups in total. The van der Waals surface area contributed by atoms with Crippen molar-refractivity contribution in [1.29, 1.82) is 0 Å². The van der Waals surface area contributed by atoms with E-state index in [4.69, 9.17) is 14.2 Å². The van der Waals surface area contributed by atoms with Crippen LogP contribution < -0.4 is 5.32 Å². The van der Waals surface area contributed by atoms with Gasteiger partial charge in [0.1, 0.15) is 5.78 Å². The molecule has 1 unspecified atom stereocenters. The number of carbonyl (C=O) groups is 2. The Morgan fingerprint density at radius 2 is 1.91 bits per heavy atom. The molecule has 1 rings (SSSR count). The van der Waals surface area contributed by atoms with Gasteiger partial charge in [0.15, 0.2) is 0 Å². The molecular formula is C15H28N2O5. The molecule has 1 fully saturated rings. The van der Waals surface area contributed by atoms with Crippen LogP contribution in [0.15, 0.2) is 0 Å². The summed E-state index contributed by atoms with van der Waals surface area (Å²) in [5.41, 5.74) is 0. The number of Topliss-reactive ketones (excluding diaryl/α,β-unsaturated/α-hetero) is 1. The van der Waals surface area contributed by atoms with E-state index in [0.29, 0.717) is 59.1 Å². The Kier molecular flexibility index (Phi) is 9.77. The number of urea groups is 1. The van der Waals surface area contributed by atoms with Crippen molar-refractivity contribution in [3.05, 3.63) is 0 Å². The smallest absolute Gasteiger partial charge is 0.317 e. The van der Waals surface area contributed by atoms with Crippen LogP contribution in [0.4, 0.5) is 4.79 Å². The Balaban J connectivity index is 1.94. The van der Waals surface area contributed by atoms with E-state index in [1.807, 2.05) is 6.92 Å². The summed E-state index contributed by atoms with van der Waals surface area (Å²) in [7, 11) is 1.64. The summed E-state index contributed by atoms with van der Waals surface area (Å²) in [6, 6.07) is -0.0951. The van der Waals surface area contributed by atoms with Gasteiger partial charge in [-0.2, -0.15) is 0 Å². The van der Waals surface area contributed by atoms with E-state index >= 15 is 0 Å². The maximum absolute atomic E-state index is 11.9. The van der Waals surface area contributed by atoms with Crippen LogP contribution in [-0.2, 0) is 19.0 Å². The molecule has 7 heteroatoms. The Morgan fingerprint density at radius 1 is 1.23 bits per heavy atom. The minimum absolute atomic E-state index is 0.0547. The molecule has 2 amide bonds. The number of rotatable bonds is 10. The number of hydrogen-bond donors (Lipinski definition) is 1. The van der Waals surface area contributed by atoms with Crippen LogP contribution in [0.1, 0.15) is 19.8 Å². The number of hydrogen-bond acceptors (Lipinski definition) is 5. The molecule has 1 aliphatic rings. The van der Waals surface area contributed by atoms with Crippen molar-refractivity contribution >= 4 is 11.8 Å². The Labute approximate surface area is 132 Å². The standard InChI is InChI=1S/C15H28N2O5/c1-13-12-17(6-4-14(13)18)15(19)16-5-3-7-21-10-11-22-9-8-20-2/h13H,3-12H2,1-2H3,(H,16,19). The van der Waals surface area contributed by atoms with Crippen molar-refractivity contribution in [2.75, 3.05) is 59.8 Å². The molecule has 0 aromatic rings. The van der Waals surface area contributed by atoms with Crippen LogP contribution in [0, 0.1) is 5.92 Å². The summed E-state index contributed by atoms with van der Waals surface area (Å²) in [5, 5.41) is 2.85. The van der Waals surface area contributed by atoms with E-state index in [2.05, 4.69) is 5.32 Å². The first-order valence-corrected chi connectivity index (χ1v) is 7.85. The van der Waals surface area contributed by atoms with Gasteiger partial charge in [-0.3, -0.25) is 4.79 Å². The lowest BCUT2D eigenvalue weighted by molar-refractivity contribution is -0.124. The first kappa shape index (κ1) is 18.9. The van der Waals surface area contributed by atoms with Crippen molar-refractivity contribution in [3.8, 4) is 0 Å². The number of piperidine rings is 1. The highest BCUT2D eigenvalue weighted by atomic mass is 16.5. The summed E-state index contributed by atoms with van der Waals surface area (Å²) in [5.74, 6) is 0.186. The molecule has 0 aromatic carbocycles. The molecule has 7 nitrogen and oxygen atoms in total. The number of methoxy groups -OCH3 is 1. The molecule has 0 bridgehead atoms. The zero-order valence-corrected chi connectivity index (χ0v) is 13.6. The van der Waals surface area contributed by atoms with Crippen LogP contribution in [0.25, 0.3) is 0 Å². The Morgan fingerprint density at radius 3 is 2.59 bits per heavy atom. The van der Waals surface area contributed by atoms with Crippen LogP contribution >= 0.6 is 0 Å². The second-order valence-electron chi connectivity index (χ2n) is 5.37. The van der Waals surface area contributed by atoms with Gasteiger partial charge in [-0.1, -0.05) is 6.92 Å². The summed E-state index contributed by atoms with van der Waals surface area (Å²) < 4.78 is 15.5. The third-order valence-corrected chi connectivity index (χ3v) is 3.50. The quantitative estimate of drug-likeness (QED) is 0.600. The molecule has 0 radical (unpaired) electrons. The number of nitrogens with one attached hydrogen (secondary N) is 1. The lowest BCUT2D eigenvalue weighted by Crippen LogP contribution is -2.47. The van der Waals surface area contributed by atoms with E-state index in [9.17, 15) is 9.59 Å². The van der Waals surface area contributed by atoms with Crippen molar-refractivity contribution in [1.82, 2.24) is 10.2 Å². The fourth-order valence-electron chi connectivity index (χ4n) is 2.15. The first-order chi connectivity index (χ1) is 10.6. The lowest BCUT2D eigenvalue weighted by atomic mass is 9.99. The zero-order valence-electron chi connectivity index (χ0n) is 13.6. The van der Waals surface area contributed by atoms with E-state index in [-0.39, 0.29) is 17.7 Å². The molecule has 1 saturated heterocycles. The van der Waals surface area contributed by atoms with Gasteiger partial charge >= 0.3 is 6.03 Å². The van der Waals surface area contributed by atoms with Gasteiger partial charge in [-0.15, -0.1) is 0 Å².